The summed E-state index contributed by atoms with van der Waals surface area (Å²) >= 11 is 0. The zero-order valence-electron chi connectivity index (χ0n) is 13.4. The van der Waals surface area contributed by atoms with Crippen LogP contribution in [0.1, 0.15) is 12.5 Å². The minimum Gasteiger partial charge on any atom is -0.406 e. The maximum Gasteiger partial charge on any atom is 0.573 e. The number of nitrogens with one attached hydrogen (secondary N) is 2. The molecule has 0 bridgehead atoms. The molecule has 0 aliphatic heterocycles. The summed E-state index contributed by atoms with van der Waals surface area (Å²) in [6.45, 7) is 3.18. The van der Waals surface area contributed by atoms with Gasteiger partial charge < -0.3 is 15.4 Å². The number of amides is 1. The predicted octanol–water partition coefficient (Wildman–Crippen LogP) is 4.47. The fraction of sp³-hybridized carbons (Fsp3) is 0.235. The highest BCUT2D eigenvalue weighted by atomic mass is 19.4. The van der Waals surface area contributed by atoms with E-state index in [9.17, 15) is 22.4 Å². The summed E-state index contributed by atoms with van der Waals surface area (Å²) in [6.07, 6.45) is -4.76. The molecule has 8 heteroatoms. The Bertz CT molecular complexity index is 745. The number of anilines is 2. The molecule has 0 aliphatic carbocycles. The first-order chi connectivity index (χ1) is 11.6. The van der Waals surface area contributed by atoms with Crippen LogP contribution >= 0.6 is 0 Å². The zero-order chi connectivity index (χ0) is 18.6. The average molecular weight is 356 g/mol. The molecule has 1 atom stereocenters. The van der Waals surface area contributed by atoms with E-state index >= 15 is 0 Å². The van der Waals surface area contributed by atoms with Gasteiger partial charge in [0, 0.05) is 11.4 Å². The first-order valence-electron chi connectivity index (χ1n) is 7.33. The second kappa shape index (κ2) is 7.42. The first-order valence-corrected chi connectivity index (χ1v) is 7.33. The van der Waals surface area contributed by atoms with E-state index in [1.165, 1.54) is 18.2 Å². The lowest BCUT2D eigenvalue weighted by Gasteiger charge is -2.16. The Labute approximate surface area is 141 Å². The molecule has 2 N–H and O–H groups in total. The van der Waals surface area contributed by atoms with E-state index in [1.807, 2.05) is 0 Å². The van der Waals surface area contributed by atoms with Gasteiger partial charge in [0.05, 0.1) is 0 Å². The molecule has 2 aromatic carbocycles. The van der Waals surface area contributed by atoms with E-state index in [1.54, 1.807) is 26.0 Å². The summed E-state index contributed by atoms with van der Waals surface area (Å²) in [7, 11) is 0. The lowest BCUT2D eigenvalue weighted by molar-refractivity contribution is -0.274. The number of carbonyl (C=O) groups excluding carboxylic acids is 1. The highest BCUT2D eigenvalue weighted by Gasteiger charge is 2.31. The van der Waals surface area contributed by atoms with Crippen LogP contribution in [0.4, 0.5) is 28.9 Å². The number of alkyl halides is 3. The number of halogens is 4. The van der Waals surface area contributed by atoms with Crippen LogP contribution in [0.2, 0.25) is 0 Å². The molecule has 25 heavy (non-hydrogen) atoms. The Morgan fingerprint density at radius 3 is 2.24 bits per heavy atom. The van der Waals surface area contributed by atoms with Gasteiger partial charge in [-0.1, -0.05) is 6.07 Å². The van der Waals surface area contributed by atoms with Crippen LogP contribution in [-0.4, -0.2) is 18.3 Å². The van der Waals surface area contributed by atoms with Gasteiger partial charge in [0.2, 0.25) is 5.91 Å². The largest absolute Gasteiger partial charge is 0.573 e. The third-order valence-electron chi connectivity index (χ3n) is 3.30. The molecular weight excluding hydrogens is 340 g/mol. The topological polar surface area (TPSA) is 50.4 Å². The number of ether oxygens (including phenoxy) is 1. The summed E-state index contributed by atoms with van der Waals surface area (Å²) in [6, 6.07) is 8.62. The molecule has 4 nitrogen and oxygen atoms in total. The number of hydrogen-bond donors (Lipinski definition) is 2. The number of hydrogen-bond acceptors (Lipinski definition) is 3. The third-order valence-corrected chi connectivity index (χ3v) is 3.30. The van der Waals surface area contributed by atoms with Crippen LogP contribution in [0.25, 0.3) is 0 Å². The second-order valence-corrected chi connectivity index (χ2v) is 5.39. The molecule has 0 spiro atoms. The maximum absolute atomic E-state index is 13.5. The van der Waals surface area contributed by atoms with Crippen molar-refractivity contribution in [1.29, 1.82) is 0 Å². The number of carbonyl (C=O) groups is 1. The van der Waals surface area contributed by atoms with Crippen molar-refractivity contribution in [3.05, 3.63) is 53.8 Å². The fourth-order valence-corrected chi connectivity index (χ4v) is 1.99. The van der Waals surface area contributed by atoms with Crippen LogP contribution in [0.5, 0.6) is 5.75 Å². The van der Waals surface area contributed by atoms with Crippen LogP contribution in [0, 0.1) is 12.7 Å². The summed E-state index contributed by atoms with van der Waals surface area (Å²) in [5, 5.41) is 5.39. The van der Waals surface area contributed by atoms with Gasteiger partial charge in [-0.05, 0) is 55.8 Å². The lowest BCUT2D eigenvalue weighted by atomic mass is 10.2. The van der Waals surface area contributed by atoms with Gasteiger partial charge in [-0.15, -0.1) is 13.2 Å². The van der Waals surface area contributed by atoms with Crippen molar-refractivity contribution in [2.45, 2.75) is 26.3 Å². The second-order valence-electron chi connectivity index (χ2n) is 5.39. The van der Waals surface area contributed by atoms with Crippen molar-refractivity contribution in [1.82, 2.24) is 0 Å². The van der Waals surface area contributed by atoms with Crippen molar-refractivity contribution in [2.24, 2.45) is 0 Å². The molecule has 2 aromatic rings. The highest BCUT2D eigenvalue weighted by molar-refractivity contribution is 5.96. The SMILES string of the molecule is Cc1ccc(NC(=O)[C@H](C)Nc2ccc(OC(F)(F)F)cc2)cc1F. The molecule has 0 aliphatic rings. The fourth-order valence-electron chi connectivity index (χ4n) is 1.99. The zero-order valence-corrected chi connectivity index (χ0v) is 13.4. The summed E-state index contributed by atoms with van der Waals surface area (Å²) in [5.41, 5.74) is 1.22. The van der Waals surface area contributed by atoms with Crippen molar-refractivity contribution in [3.63, 3.8) is 0 Å². The van der Waals surface area contributed by atoms with E-state index in [0.29, 0.717) is 16.9 Å². The number of benzene rings is 2. The Morgan fingerprint density at radius 1 is 1.08 bits per heavy atom. The quantitative estimate of drug-likeness (QED) is 0.777. The molecule has 0 heterocycles. The molecule has 0 radical (unpaired) electrons. The van der Waals surface area contributed by atoms with Crippen LogP contribution in [-0.2, 0) is 4.79 Å². The Morgan fingerprint density at radius 2 is 1.68 bits per heavy atom. The van der Waals surface area contributed by atoms with Crippen molar-refractivity contribution in [2.75, 3.05) is 10.6 Å². The molecule has 0 saturated heterocycles. The minimum absolute atomic E-state index is 0.315. The van der Waals surface area contributed by atoms with E-state index < -0.39 is 24.1 Å². The standard InChI is InChI=1S/C17H16F4N2O2/c1-10-3-4-13(9-15(10)18)23-16(24)11(2)22-12-5-7-14(8-6-12)25-17(19,20)21/h3-9,11,22H,1-2H3,(H,23,24)/t11-/m0/s1. The van der Waals surface area contributed by atoms with Gasteiger partial charge >= 0.3 is 6.36 Å². The minimum atomic E-state index is -4.76. The molecule has 134 valence electrons. The van der Waals surface area contributed by atoms with E-state index in [0.717, 1.165) is 12.1 Å². The number of rotatable bonds is 5. The smallest absolute Gasteiger partial charge is 0.406 e. The maximum atomic E-state index is 13.5. The highest BCUT2D eigenvalue weighted by Crippen LogP contribution is 2.24. The number of aryl methyl sites for hydroxylation is 1. The summed E-state index contributed by atoms with van der Waals surface area (Å²) in [4.78, 5) is 12.1. The Balaban J connectivity index is 1.95. The molecular formula is C17H16F4N2O2. The predicted molar refractivity (Wildman–Crippen MR) is 86.0 cm³/mol. The van der Waals surface area contributed by atoms with Gasteiger partial charge in [-0.2, -0.15) is 0 Å². The van der Waals surface area contributed by atoms with Crippen molar-refractivity contribution >= 4 is 17.3 Å². The van der Waals surface area contributed by atoms with E-state index in [4.69, 9.17) is 0 Å². The van der Waals surface area contributed by atoms with E-state index in [2.05, 4.69) is 15.4 Å². The van der Waals surface area contributed by atoms with Crippen molar-refractivity contribution in [3.8, 4) is 5.75 Å². The monoisotopic (exact) mass is 356 g/mol. The average Bonchev–Trinajstić information content (AvgIpc) is 2.51. The Hall–Kier alpha value is -2.77. The summed E-state index contributed by atoms with van der Waals surface area (Å²) in [5.74, 6) is -1.21. The summed E-state index contributed by atoms with van der Waals surface area (Å²) < 4.78 is 53.5. The molecule has 0 saturated carbocycles. The third kappa shape index (κ3) is 5.66. The van der Waals surface area contributed by atoms with Gasteiger partial charge in [-0.3, -0.25) is 4.79 Å². The van der Waals surface area contributed by atoms with E-state index in [-0.39, 0.29) is 5.75 Å². The van der Waals surface area contributed by atoms with Gasteiger partial charge in [0.25, 0.3) is 0 Å². The normalized spacial score (nSPS) is 12.4. The van der Waals surface area contributed by atoms with Gasteiger partial charge in [0.1, 0.15) is 17.6 Å². The molecule has 1 amide bonds. The molecule has 2 rings (SSSR count). The lowest BCUT2D eigenvalue weighted by Crippen LogP contribution is -2.31. The Kier molecular flexibility index (Phi) is 5.51. The van der Waals surface area contributed by atoms with Crippen LogP contribution in [0.3, 0.4) is 0 Å². The van der Waals surface area contributed by atoms with Crippen molar-refractivity contribution < 1.29 is 27.1 Å². The molecule has 0 aromatic heterocycles. The molecule has 0 fully saturated rings. The van der Waals surface area contributed by atoms with Gasteiger partial charge in [-0.25, -0.2) is 4.39 Å². The molecule has 0 unspecified atom stereocenters. The first kappa shape index (κ1) is 18.6. The van der Waals surface area contributed by atoms with Gasteiger partial charge in [0.15, 0.2) is 0 Å². The van der Waals surface area contributed by atoms with Crippen LogP contribution in [0.15, 0.2) is 42.5 Å². The van der Waals surface area contributed by atoms with Crippen LogP contribution < -0.4 is 15.4 Å².